The van der Waals surface area contributed by atoms with Gasteiger partial charge in [0, 0.05) is 18.6 Å². The third kappa shape index (κ3) is 2.70. The van der Waals surface area contributed by atoms with Crippen molar-refractivity contribution in [1.82, 2.24) is 25.2 Å². The van der Waals surface area contributed by atoms with Crippen LogP contribution in [0.25, 0.3) is 0 Å². The molecule has 2 N–H and O–H groups in total. The number of carbonyl (C=O) groups excluding carboxylic acids is 1. The minimum absolute atomic E-state index is 0.000359. The molecular weight excluding hydrogens is 274 g/mol. The maximum atomic E-state index is 12.1. The van der Waals surface area contributed by atoms with E-state index in [0.29, 0.717) is 19.0 Å². The molecule has 1 aliphatic carbocycles. The smallest absolute Gasteiger partial charge is 0.358 e. The lowest BCUT2D eigenvalue weighted by molar-refractivity contribution is 0.0690. The van der Waals surface area contributed by atoms with Crippen molar-refractivity contribution in [1.29, 1.82) is 0 Å². The monoisotopic (exact) mass is 293 g/mol. The highest BCUT2D eigenvalue weighted by molar-refractivity contribution is 5.84. The minimum Gasteiger partial charge on any atom is -0.476 e. The van der Waals surface area contributed by atoms with Crippen molar-refractivity contribution < 1.29 is 14.7 Å². The summed E-state index contributed by atoms with van der Waals surface area (Å²) >= 11 is 0. The Morgan fingerprint density at radius 3 is 2.57 bits per heavy atom. The first kappa shape index (κ1) is 13.8. The van der Waals surface area contributed by atoms with Gasteiger partial charge >= 0.3 is 12.0 Å². The Balaban J connectivity index is 1.52. The van der Waals surface area contributed by atoms with Crippen molar-refractivity contribution in [2.24, 2.45) is 5.92 Å². The highest BCUT2D eigenvalue weighted by Crippen LogP contribution is 2.39. The number of likely N-dealkylation sites (tertiary alicyclic amines) is 1. The molecular formula is C13H19N5O3. The number of aromatic nitrogens is 3. The molecule has 0 spiro atoms. The van der Waals surface area contributed by atoms with Crippen LogP contribution < -0.4 is 5.32 Å². The van der Waals surface area contributed by atoms with Gasteiger partial charge < -0.3 is 15.3 Å². The van der Waals surface area contributed by atoms with Crippen LogP contribution in [0.4, 0.5) is 4.79 Å². The fraction of sp³-hybridized carbons (Fsp3) is 0.692. The number of urea groups is 1. The van der Waals surface area contributed by atoms with E-state index in [0.717, 1.165) is 0 Å². The Labute approximate surface area is 122 Å². The number of carboxylic acid groups (broad SMARTS) is 1. The summed E-state index contributed by atoms with van der Waals surface area (Å²) in [5.41, 5.74) is -0.237. The van der Waals surface area contributed by atoms with Crippen LogP contribution in [0.5, 0.6) is 0 Å². The van der Waals surface area contributed by atoms with Crippen LogP contribution in [-0.4, -0.2) is 55.6 Å². The quantitative estimate of drug-likeness (QED) is 0.852. The van der Waals surface area contributed by atoms with Crippen molar-refractivity contribution >= 4 is 12.0 Å². The summed E-state index contributed by atoms with van der Waals surface area (Å²) in [6.07, 6.45) is 3.75. The van der Waals surface area contributed by atoms with Gasteiger partial charge in [0.2, 0.25) is 0 Å². The molecule has 0 atom stereocenters. The molecule has 3 rings (SSSR count). The van der Waals surface area contributed by atoms with Crippen molar-refractivity contribution in [3.8, 4) is 0 Å². The summed E-state index contributed by atoms with van der Waals surface area (Å²) in [6, 6.07) is -0.0675. The molecule has 8 nitrogen and oxygen atoms in total. The summed E-state index contributed by atoms with van der Waals surface area (Å²) in [6.45, 7) is 5.15. The van der Waals surface area contributed by atoms with Crippen molar-refractivity contribution in [2.45, 2.75) is 38.3 Å². The molecule has 0 radical (unpaired) electrons. The Bertz CT molecular complexity index is 572. The lowest BCUT2D eigenvalue weighted by Gasteiger charge is -2.40. The van der Waals surface area contributed by atoms with E-state index in [9.17, 15) is 9.59 Å². The third-order valence-corrected chi connectivity index (χ3v) is 4.28. The molecule has 1 aromatic rings. The normalized spacial score (nSPS) is 19.2. The Morgan fingerprint density at radius 1 is 1.38 bits per heavy atom. The van der Waals surface area contributed by atoms with Crippen LogP contribution in [-0.2, 0) is 0 Å². The molecule has 0 unspecified atom stereocenters. The minimum atomic E-state index is -1.10. The van der Waals surface area contributed by atoms with Crippen molar-refractivity contribution in [3.63, 3.8) is 0 Å². The molecule has 2 aliphatic rings. The van der Waals surface area contributed by atoms with Gasteiger partial charge in [-0.3, -0.25) is 0 Å². The average molecular weight is 293 g/mol. The highest BCUT2D eigenvalue weighted by Gasteiger charge is 2.41. The van der Waals surface area contributed by atoms with Gasteiger partial charge in [0.25, 0.3) is 0 Å². The maximum Gasteiger partial charge on any atom is 0.358 e. The van der Waals surface area contributed by atoms with E-state index in [1.54, 1.807) is 4.90 Å². The van der Waals surface area contributed by atoms with Gasteiger partial charge in [-0.1, -0.05) is 5.21 Å². The summed E-state index contributed by atoms with van der Waals surface area (Å²) in [5.74, 6) is -0.520. The topological polar surface area (TPSA) is 100 Å². The number of rotatable bonds is 4. The first-order chi connectivity index (χ1) is 9.87. The zero-order valence-corrected chi connectivity index (χ0v) is 12.1. The summed E-state index contributed by atoms with van der Waals surface area (Å²) < 4.78 is 1.51. The van der Waals surface area contributed by atoms with Gasteiger partial charge in [-0.25, -0.2) is 14.3 Å². The number of carbonyl (C=O) groups is 2. The van der Waals surface area contributed by atoms with E-state index in [1.807, 2.05) is 0 Å². The van der Waals surface area contributed by atoms with Gasteiger partial charge in [-0.15, -0.1) is 5.10 Å². The first-order valence-electron chi connectivity index (χ1n) is 7.09. The van der Waals surface area contributed by atoms with Crippen LogP contribution in [0.1, 0.15) is 43.2 Å². The Morgan fingerprint density at radius 2 is 2.05 bits per heavy atom. The van der Waals surface area contributed by atoms with Gasteiger partial charge in [-0.05, 0) is 32.6 Å². The SMILES string of the molecule is CC(C)(NC(=O)N1CC(n2cc(C(=O)O)nn2)C1)C1CC1. The predicted molar refractivity (Wildman–Crippen MR) is 72.9 cm³/mol. The standard InChI is InChI=1S/C13H19N5O3/c1-13(2,8-3-4-8)14-12(21)17-5-9(6-17)18-7-10(11(19)20)15-16-18/h7-9H,3-6H2,1-2H3,(H,14,21)(H,19,20). The summed E-state index contributed by atoms with van der Waals surface area (Å²) in [4.78, 5) is 24.6. The molecule has 1 aliphatic heterocycles. The Kier molecular flexibility index (Phi) is 3.11. The number of carboxylic acids is 1. The van der Waals surface area contributed by atoms with Crippen LogP contribution >= 0.6 is 0 Å². The number of aromatic carboxylic acids is 1. The molecule has 0 aromatic carbocycles. The van der Waals surface area contributed by atoms with E-state index >= 15 is 0 Å². The molecule has 8 heteroatoms. The van der Waals surface area contributed by atoms with Crippen LogP contribution in [0.15, 0.2) is 6.20 Å². The lowest BCUT2D eigenvalue weighted by atomic mass is 9.99. The second kappa shape index (κ2) is 4.71. The molecule has 21 heavy (non-hydrogen) atoms. The number of nitrogens with zero attached hydrogens (tertiary/aromatic N) is 4. The number of hydrogen-bond donors (Lipinski definition) is 2. The number of hydrogen-bond acceptors (Lipinski definition) is 4. The van der Waals surface area contributed by atoms with Gasteiger partial charge in [0.05, 0.1) is 12.2 Å². The maximum absolute atomic E-state index is 12.1. The van der Waals surface area contributed by atoms with Crippen LogP contribution in [0.2, 0.25) is 0 Å². The molecule has 1 saturated carbocycles. The van der Waals surface area contributed by atoms with Gasteiger partial charge in [-0.2, -0.15) is 0 Å². The van der Waals surface area contributed by atoms with E-state index in [2.05, 4.69) is 29.5 Å². The number of amides is 2. The Hall–Kier alpha value is -2.12. The van der Waals surface area contributed by atoms with Gasteiger partial charge in [0.15, 0.2) is 5.69 Å². The molecule has 2 heterocycles. The summed E-state index contributed by atoms with van der Waals surface area (Å²) in [7, 11) is 0. The lowest BCUT2D eigenvalue weighted by Crippen LogP contribution is -2.58. The third-order valence-electron chi connectivity index (χ3n) is 4.28. The second-order valence-electron chi connectivity index (χ2n) is 6.37. The van der Waals surface area contributed by atoms with E-state index in [-0.39, 0.29) is 23.3 Å². The van der Waals surface area contributed by atoms with E-state index in [4.69, 9.17) is 5.11 Å². The van der Waals surface area contributed by atoms with Crippen LogP contribution in [0.3, 0.4) is 0 Å². The molecule has 1 aromatic heterocycles. The first-order valence-corrected chi connectivity index (χ1v) is 7.09. The highest BCUT2D eigenvalue weighted by atomic mass is 16.4. The zero-order valence-electron chi connectivity index (χ0n) is 12.1. The molecule has 2 amide bonds. The fourth-order valence-corrected chi connectivity index (χ4v) is 2.60. The van der Waals surface area contributed by atoms with E-state index in [1.165, 1.54) is 23.7 Å². The van der Waals surface area contributed by atoms with Crippen molar-refractivity contribution in [2.75, 3.05) is 13.1 Å². The molecule has 2 fully saturated rings. The van der Waals surface area contributed by atoms with E-state index < -0.39 is 5.97 Å². The molecule has 114 valence electrons. The van der Waals surface area contributed by atoms with Crippen LogP contribution in [0, 0.1) is 5.92 Å². The average Bonchev–Trinajstić information content (AvgIpc) is 3.07. The zero-order chi connectivity index (χ0) is 15.2. The largest absolute Gasteiger partial charge is 0.476 e. The van der Waals surface area contributed by atoms with Crippen molar-refractivity contribution in [3.05, 3.63) is 11.9 Å². The van der Waals surface area contributed by atoms with Gasteiger partial charge in [0.1, 0.15) is 0 Å². The predicted octanol–water partition coefficient (Wildman–Crippen LogP) is 0.731. The summed E-state index contributed by atoms with van der Waals surface area (Å²) in [5, 5.41) is 19.2. The molecule has 0 bridgehead atoms. The fourth-order valence-electron chi connectivity index (χ4n) is 2.60. The number of nitrogens with one attached hydrogen (secondary N) is 1. The second-order valence-corrected chi connectivity index (χ2v) is 6.37. The molecule has 1 saturated heterocycles.